The Bertz CT molecular complexity index is 1580. The number of hydrogen-bond acceptors (Lipinski definition) is 4. The molecule has 4 aromatic rings. The van der Waals surface area contributed by atoms with Crippen LogP contribution >= 0.6 is 0 Å². The molecule has 0 saturated carbocycles. The van der Waals surface area contributed by atoms with E-state index < -0.39 is 34.2 Å². The van der Waals surface area contributed by atoms with Crippen LogP contribution in [0.2, 0.25) is 0 Å². The van der Waals surface area contributed by atoms with Gasteiger partial charge in [-0.25, -0.2) is 12.8 Å². The Labute approximate surface area is 227 Å². The van der Waals surface area contributed by atoms with Crippen LogP contribution in [0.5, 0.6) is 0 Å². The fourth-order valence-corrected chi connectivity index (χ4v) is 5.43. The second kappa shape index (κ2) is 11.9. The van der Waals surface area contributed by atoms with E-state index in [2.05, 4.69) is 10.6 Å². The highest BCUT2D eigenvalue weighted by Crippen LogP contribution is 2.27. The fourth-order valence-electron chi connectivity index (χ4n) is 4.00. The number of sulfonamides is 1. The van der Waals surface area contributed by atoms with Crippen LogP contribution in [-0.2, 0) is 14.8 Å². The molecule has 0 spiro atoms. The molecule has 0 aromatic heterocycles. The SMILES string of the molecule is Cc1ccc(S(=O)(=O)N(CC(=O)Nc2ccccc2C(=O)N[C@@H](C)c2ccccc2)c2ccccc2F)cc1. The summed E-state index contributed by atoms with van der Waals surface area (Å²) in [6.07, 6.45) is 0. The molecule has 0 aliphatic rings. The molecule has 2 N–H and O–H groups in total. The number of aryl methyl sites for hydroxylation is 1. The summed E-state index contributed by atoms with van der Waals surface area (Å²) >= 11 is 0. The molecule has 0 bridgehead atoms. The summed E-state index contributed by atoms with van der Waals surface area (Å²) in [4.78, 5) is 26.2. The number of benzene rings is 4. The number of nitrogens with zero attached hydrogens (tertiary/aromatic N) is 1. The Morgan fingerprint density at radius 1 is 0.846 bits per heavy atom. The molecule has 2 amide bonds. The van der Waals surface area contributed by atoms with E-state index in [1.807, 2.05) is 44.2 Å². The number of para-hydroxylation sites is 2. The van der Waals surface area contributed by atoms with Gasteiger partial charge >= 0.3 is 0 Å². The Hall–Kier alpha value is -4.50. The lowest BCUT2D eigenvalue weighted by Crippen LogP contribution is -2.39. The summed E-state index contributed by atoms with van der Waals surface area (Å²) < 4.78 is 42.6. The zero-order valence-corrected chi connectivity index (χ0v) is 22.3. The molecule has 0 heterocycles. The minimum absolute atomic E-state index is 0.0844. The van der Waals surface area contributed by atoms with Gasteiger partial charge in [-0.05, 0) is 55.8 Å². The first-order valence-corrected chi connectivity index (χ1v) is 13.7. The zero-order valence-electron chi connectivity index (χ0n) is 21.5. The van der Waals surface area contributed by atoms with Crippen LogP contribution in [0.1, 0.15) is 34.5 Å². The van der Waals surface area contributed by atoms with Crippen LogP contribution in [0.15, 0.2) is 108 Å². The Morgan fingerprint density at radius 2 is 1.46 bits per heavy atom. The molecule has 0 aliphatic carbocycles. The van der Waals surface area contributed by atoms with Crippen molar-refractivity contribution in [1.29, 1.82) is 0 Å². The lowest BCUT2D eigenvalue weighted by atomic mass is 10.1. The quantitative estimate of drug-likeness (QED) is 0.292. The van der Waals surface area contributed by atoms with Gasteiger partial charge in [0.15, 0.2) is 0 Å². The fraction of sp³-hybridized carbons (Fsp3) is 0.133. The van der Waals surface area contributed by atoms with Crippen LogP contribution in [0.4, 0.5) is 15.8 Å². The predicted molar refractivity (Wildman–Crippen MR) is 150 cm³/mol. The van der Waals surface area contributed by atoms with E-state index in [0.717, 1.165) is 21.5 Å². The third-order valence-electron chi connectivity index (χ3n) is 6.11. The maximum atomic E-state index is 14.8. The largest absolute Gasteiger partial charge is 0.345 e. The Kier molecular flexibility index (Phi) is 8.41. The number of rotatable bonds is 9. The predicted octanol–water partition coefficient (Wildman–Crippen LogP) is 5.46. The number of hydrogen-bond donors (Lipinski definition) is 2. The van der Waals surface area contributed by atoms with Crippen molar-refractivity contribution in [1.82, 2.24) is 5.32 Å². The van der Waals surface area contributed by atoms with E-state index in [4.69, 9.17) is 0 Å². The van der Waals surface area contributed by atoms with Gasteiger partial charge < -0.3 is 10.6 Å². The van der Waals surface area contributed by atoms with Crippen molar-refractivity contribution >= 4 is 33.2 Å². The average molecular weight is 546 g/mol. The van der Waals surface area contributed by atoms with Crippen molar-refractivity contribution in [3.8, 4) is 0 Å². The van der Waals surface area contributed by atoms with Crippen molar-refractivity contribution < 1.29 is 22.4 Å². The van der Waals surface area contributed by atoms with Crippen molar-refractivity contribution in [2.75, 3.05) is 16.2 Å². The van der Waals surface area contributed by atoms with Crippen LogP contribution in [0.25, 0.3) is 0 Å². The van der Waals surface area contributed by atoms with Gasteiger partial charge in [-0.15, -0.1) is 0 Å². The third-order valence-corrected chi connectivity index (χ3v) is 7.88. The van der Waals surface area contributed by atoms with Crippen LogP contribution < -0.4 is 14.9 Å². The van der Waals surface area contributed by atoms with Crippen molar-refractivity contribution in [2.24, 2.45) is 0 Å². The van der Waals surface area contributed by atoms with E-state index in [9.17, 15) is 22.4 Å². The van der Waals surface area contributed by atoms with Gasteiger partial charge in [-0.2, -0.15) is 0 Å². The first kappa shape index (κ1) is 27.5. The van der Waals surface area contributed by atoms with Gasteiger partial charge in [0.05, 0.1) is 27.9 Å². The summed E-state index contributed by atoms with van der Waals surface area (Å²) in [6.45, 7) is 2.94. The normalized spacial score (nSPS) is 11.9. The summed E-state index contributed by atoms with van der Waals surface area (Å²) in [6, 6.07) is 26.9. The first-order valence-electron chi connectivity index (χ1n) is 12.3. The van der Waals surface area contributed by atoms with Gasteiger partial charge in [0.1, 0.15) is 12.4 Å². The van der Waals surface area contributed by atoms with Gasteiger partial charge in [-0.3, -0.25) is 13.9 Å². The van der Waals surface area contributed by atoms with Crippen molar-refractivity contribution in [2.45, 2.75) is 24.8 Å². The second-order valence-corrected chi connectivity index (χ2v) is 10.8. The Morgan fingerprint density at radius 3 is 2.15 bits per heavy atom. The van der Waals surface area contributed by atoms with E-state index >= 15 is 0 Å². The zero-order chi connectivity index (χ0) is 28.0. The van der Waals surface area contributed by atoms with Gasteiger partial charge in [0.2, 0.25) is 5.91 Å². The van der Waals surface area contributed by atoms with Crippen molar-refractivity contribution in [3.05, 3.63) is 126 Å². The number of anilines is 2. The topological polar surface area (TPSA) is 95.6 Å². The number of nitrogens with one attached hydrogen (secondary N) is 2. The molecular weight excluding hydrogens is 517 g/mol. The van der Waals surface area contributed by atoms with Crippen LogP contribution in [-0.4, -0.2) is 26.8 Å². The maximum Gasteiger partial charge on any atom is 0.264 e. The number of carbonyl (C=O) groups excluding carboxylic acids is 2. The van der Waals surface area contributed by atoms with Gasteiger partial charge in [0, 0.05) is 0 Å². The van der Waals surface area contributed by atoms with E-state index in [0.29, 0.717) is 0 Å². The Balaban J connectivity index is 1.59. The molecule has 1 atom stereocenters. The molecule has 9 heteroatoms. The minimum atomic E-state index is -4.30. The molecule has 0 fully saturated rings. The number of carbonyl (C=O) groups is 2. The molecule has 39 heavy (non-hydrogen) atoms. The smallest absolute Gasteiger partial charge is 0.264 e. The van der Waals surface area contributed by atoms with Gasteiger partial charge in [-0.1, -0.05) is 72.3 Å². The molecule has 200 valence electrons. The standard InChI is InChI=1S/C30H28FN3O4S/c1-21-16-18-24(19-17-21)39(37,38)34(28-15-9-7-13-26(28)31)20-29(35)33-27-14-8-6-12-25(27)30(36)32-22(2)23-10-4-3-5-11-23/h3-19,22H,20H2,1-2H3,(H,32,36)(H,33,35)/t22-/m0/s1. The summed E-state index contributed by atoms with van der Waals surface area (Å²) in [5.74, 6) is -1.96. The molecule has 0 radical (unpaired) electrons. The monoisotopic (exact) mass is 545 g/mol. The first-order chi connectivity index (χ1) is 18.7. The molecule has 0 saturated heterocycles. The molecule has 4 aromatic carbocycles. The molecule has 0 unspecified atom stereocenters. The van der Waals surface area contributed by atoms with E-state index in [1.165, 1.54) is 30.3 Å². The molecule has 0 aliphatic heterocycles. The van der Waals surface area contributed by atoms with Crippen LogP contribution in [0, 0.1) is 12.7 Å². The maximum absolute atomic E-state index is 14.8. The highest BCUT2D eigenvalue weighted by atomic mass is 32.2. The lowest BCUT2D eigenvalue weighted by molar-refractivity contribution is -0.114. The second-order valence-electron chi connectivity index (χ2n) is 8.98. The number of halogens is 1. The summed E-state index contributed by atoms with van der Waals surface area (Å²) in [5.41, 5.74) is 1.89. The highest BCUT2D eigenvalue weighted by molar-refractivity contribution is 7.92. The molecule has 4 rings (SSSR count). The molecule has 7 nitrogen and oxygen atoms in total. The average Bonchev–Trinajstić information content (AvgIpc) is 2.93. The highest BCUT2D eigenvalue weighted by Gasteiger charge is 2.29. The van der Waals surface area contributed by atoms with Crippen molar-refractivity contribution in [3.63, 3.8) is 0 Å². The van der Waals surface area contributed by atoms with Gasteiger partial charge in [0.25, 0.3) is 15.9 Å². The van der Waals surface area contributed by atoms with E-state index in [1.54, 1.807) is 36.4 Å². The minimum Gasteiger partial charge on any atom is -0.345 e. The third kappa shape index (κ3) is 6.50. The lowest BCUT2D eigenvalue weighted by Gasteiger charge is -2.25. The van der Waals surface area contributed by atoms with E-state index in [-0.39, 0.29) is 27.9 Å². The number of amides is 2. The summed E-state index contributed by atoms with van der Waals surface area (Å²) in [5, 5.41) is 5.53. The van der Waals surface area contributed by atoms with Crippen LogP contribution in [0.3, 0.4) is 0 Å². The molecular formula is C30H28FN3O4S. The summed E-state index contributed by atoms with van der Waals surface area (Å²) in [7, 11) is -4.30.